The highest BCUT2D eigenvalue weighted by Gasteiger charge is 2.25. The molecule has 3 N–H and O–H groups in total. The Morgan fingerprint density at radius 2 is 1.95 bits per heavy atom. The first kappa shape index (κ1) is 12.5. The number of aromatic nitrogens is 2. The van der Waals surface area contributed by atoms with Crippen LogP contribution in [0.25, 0.3) is 11.0 Å². The van der Waals surface area contributed by atoms with Gasteiger partial charge in [0.25, 0.3) is 0 Å². The minimum absolute atomic E-state index is 0.0379. The van der Waals surface area contributed by atoms with Crippen molar-refractivity contribution in [1.29, 1.82) is 0 Å². The van der Waals surface area contributed by atoms with Crippen molar-refractivity contribution >= 4 is 11.0 Å². The van der Waals surface area contributed by atoms with Crippen molar-refractivity contribution in [3.8, 4) is 0 Å². The molecule has 3 rings (SSSR count). The zero-order valence-electron chi connectivity index (χ0n) is 10.6. The van der Waals surface area contributed by atoms with Gasteiger partial charge in [0.15, 0.2) is 5.82 Å². The molecule has 1 fully saturated rings. The van der Waals surface area contributed by atoms with Crippen LogP contribution in [0.15, 0.2) is 12.1 Å². The van der Waals surface area contributed by atoms with Crippen LogP contribution < -0.4 is 5.73 Å². The molecule has 0 amide bonds. The smallest absolute Gasteiger partial charge is 0.153 e. The first-order valence-electron chi connectivity index (χ1n) is 6.75. The summed E-state index contributed by atoms with van der Waals surface area (Å²) in [6.45, 7) is 0. The average molecular weight is 265 g/mol. The molecule has 1 heterocycles. The van der Waals surface area contributed by atoms with Crippen LogP contribution in [0.4, 0.5) is 8.78 Å². The molecule has 5 heteroatoms. The standard InChI is InChI=1S/C14H17F2N3/c15-8-6-10(16)13-12(7-8)18-14(19-13)9-4-2-1-3-5-11(9)17/h6-7,9,11H,1-5,17H2,(H,18,19). The highest BCUT2D eigenvalue weighted by molar-refractivity contribution is 5.75. The lowest BCUT2D eigenvalue weighted by molar-refractivity contribution is 0.487. The van der Waals surface area contributed by atoms with E-state index in [1.54, 1.807) is 0 Å². The van der Waals surface area contributed by atoms with Crippen molar-refractivity contribution in [2.45, 2.75) is 44.1 Å². The molecule has 3 nitrogen and oxygen atoms in total. The summed E-state index contributed by atoms with van der Waals surface area (Å²) >= 11 is 0. The molecule has 102 valence electrons. The van der Waals surface area contributed by atoms with Crippen molar-refractivity contribution in [2.75, 3.05) is 0 Å². The molecule has 0 saturated heterocycles. The number of aromatic amines is 1. The molecule has 2 unspecified atom stereocenters. The van der Waals surface area contributed by atoms with Crippen LogP contribution in [-0.4, -0.2) is 16.0 Å². The maximum atomic E-state index is 13.7. The van der Waals surface area contributed by atoms with Gasteiger partial charge in [-0.2, -0.15) is 0 Å². The molecule has 19 heavy (non-hydrogen) atoms. The fourth-order valence-corrected chi connectivity index (χ4v) is 2.91. The molecule has 0 aliphatic heterocycles. The fraction of sp³-hybridized carbons (Fsp3) is 0.500. The van der Waals surface area contributed by atoms with Crippen LogP contribution in [0.3, 0.4) is 0 Å². The monoisotopic (exact) mass is 265 g/mol. The predicted octanol–water partition coefficient (Wildman–Crippen LogP) is 3.22. The van der Waals surface area contributed by atoms with Gasteiger partial charge in [0.2, 0.25) is 0 Å². The molecule has 1 aromatic carbocycles. The summed E-state index contributed by atoms with van der Waals surface area (Å²) in [5.74, 6) is -0.420. The van der Waals surface area contributed by atoms with Crippen LogP contribution in [0, 0.1) is 11.6 Å². The van der Waals surface area contributed by atoms with Gasteiger partial charge in [0.05, 0.1) is 5.52 Å². The number of hydrogen-bond acceptors (Lipinski definition) is 2. The lowest BCUT2D eigenvalue weighted by atomic mass is 9.95. The molecule has 0 bridgehead atoms. The summed E-state index contributed by atoms with van der Waals surface area (Å²) < 4.78 is 26.8. The Morgan fingerprint density at radius 3 is 2.79 bits per heavy atom. The van der Waals surface area contributed by atoms with Crippen LogP contribution in [0.1, 0.15) is 43.8 Å². The summed E-state index contributed by atoms with van der Waals surface area (Å²) in [5.41, 5.74) is 6.78. The second-order valence-electron chi connectivity index (χ2n) is 5.31. The largest absolute Gasteiger partial charge is 0.342 e. The number of H-pyrrole nitrogens is 1. The van der Waals surface area contributed by atoms with Gasteiger partial charge in [0, 0.05) is 18.0 Å². The van der Waals surface area contributed by atoms with Gasteiger partial charge in [-0.05, 0) is 18.9 Å². The second kappa shape index (κ2) is 4.89. The van der Waals surface area contributed by atoms with E-state index in [-0.39, 0.29) is 17.5 Å². The van der Waals surface area contributed by atoms with Crippen molar-refractivity contribution in [2.24, 2.45) is 5.73 Å². The van der Waals surface area contributed by atoms with E-state index >= 15 is 0 Å². The molecule has 0 spiro atoms. The Morgan fingerprint density at radius 1 is 1.16 bits per heavy atom. The average Bonchev–Trinajstić information content (AvgIpc) is 2.65. The number of hydrogen-bond donors (Lipinski definition) is 2. The highest BCUT2D eigenvalue weighted by Crippen LogP contribution is 2.31. The fourth-order valence-electron chi connectivity index (χ4n) is 2.91. The van der Waals surface area contributed by atoms with E-state index in [9.17, 15) is 8.78 Å². The first-order chi connectivity index (χ1) is 9.15. The normalized spacial score (nSPS) is 24.6. The molecular formula is C14H17F2N3. The lowest BCUT2D eigenvalue weighted by Gasteiger charge is -2.18. The maximum absolute atomic E-state index is 13.7. The van der Waals surface area contributed by atoms with Gasteiger partial charge >= 0.3 is 0 Å². The molecule has 1 aliphatic carbocycles. The number of nitrogens with one attached hydrogen (secondary N) is 1. The summed E-state index contributed by atoms with van der Waals surface area (Å²) in [7, 11) is 0. The summed E-state index contributed by atoms with van der Waals surface area (Å²) in [5, 5.41) is 0. The van der Waals surface area contributed by atoms with Crippen molar-refractivity contribution in [1.82, 2.24) is 9.97 Å². The van der Waals surface area contributed by atoms with Gasteiger partial charge in [0.1, 0.15) is 17.2 Å². The summed E-state index contributed by atoms with van der Waals surface area (Å²) in [4.78, 5) is 7.33. The minimum atomic E-state index is -0.625. The number of rotatable bonds is 1. The molecule has 1 aliphatic rings. The number of fused-ring (bicyclic) bond motifs is 1. The van der Waals surface area contributed by atoms with Crippen LogP contribution in [-0.2, 0) is 0 Å². The number of halogens is 2. The van der Waals surface area contributed by atoms with E-state index in [0.29, 0.717) is 11.3 Å². The third-order valence-electron chi connectivity index (χ3n) is 3.94. The van der Waals surface area contributed by atoms with Crippen LogP contribution in [0.2, 0.25) is 0 Å². The third kappa shape index (κ3) is 2.34. The Bertz CT molecular complexity index is 594. The van der Waals surface area contributed by atoms with Crippen molar-refractivity contribution < 1.29 is 8.78 Å². The molecule has 2 atom stereocenters. The number of benzene rings is 1. The molecule has 1 aromatic heterocycles. The van der Waals surface area contributed by atoms with E-state index in [4.69, 9.17) is 5.73 Å². The Balaban J connectivity index is 2.02. The van der Waals surface area contributed by atoms with Crippen molar-refractivity contribution in [3.05, 3.63) is 29.6 Å². The quantitative estimate of drug-likeness (QED) is 0.778. The molecule has 0 radical (unpaired) electrons. The van der Waals surface area contributed by atoms with E-state index in [2.05, 4.69) is 9.97 Å². The zero-order valence-corrected chi connectivity index (χ0v) is 10.6. The van der Waals surface area contributed by atoms with E-state index < -0.39 is 11.6 Å². The Hall–Kier alpha value is -1.49. The Kier molecular flexibility index (Phi) is 3.22. The SMILES string of the molecule is NC1CCCCCC1c1nc2c(F)cc(F)cc2[nH]1. The molecular weight excluding hydrogens is 248 g/mol. The third-order valence-corrected chi connectivity index (χ3v) is 3.94. The maximum Gasteiger partial charge on any atom is 0.153 e. The molecule has 1 saturated carbocycles. The van der Waals surface area contributed by atoms with E-state index in [1.807, 2.05) is 0 Å². The predicted molar refractivity (Wildman–Crippen MR) is 69.8 cm³/mol. The second-order valence-corrected chi connectivity index (χ2v) is 5.31. The summed E-state index contributed by atoms with van der Waals surface area (Å²) in [6, 6.07) is 2.17. The summed E-state index contributed by atoms with van der Waals surface area (Å²) in [6.07, 6.45) is 5.31. The first-order valence-corrected chi connectivity index (χ1v) is 6.75. The molecule has 2 aromatic rings. The van der Waals surface area contributed by atoms with Gasteiger partial charge < -0.3 is 10.7 Å². The highest BCUT2D eigenvalue weighted by atomic mass is 19.1. The van der Waals surface area contributed by atoms with E-state index in [0.717, 1.165) is 31.7 Å². The van der Waals surface area contributed by atoms with Crippen molar-refractivity contribution in [3.63, 3.8) is 0 Å². The number of nitrogens with zero attached hydrogens (tertiary/aromatic N) is 1. The van der Waals surface area contributed by atoms with Crippen LogP contribution in [0.5, 0.6) is 0 Å². The van der Waals surface area contributed by atoms with Gasteiger partial charge in [-0.1, -0.05) is 19.3 Å². The topological polar surface area (TPSA) is 54.7 Å². The zero-order chi connectivity index (χ0) is 13.4. The van der Waals surface area contributed by atoms with Crippen LogP contribution >= 0.6 is 0 Å². The lowest BCUT2D eigenvalue weighted by Crippen LogP contribution is -2.28. The van der Waals surface area contributed by atoms with Gasteiger partial charge in [-0.15, -0.1) is 0 Å². The number of nitrogens with two attached hydrogens (primary N) is 1. The Labute approximate surface area is 110 Å². The van der Waals surface area contributed by atoms with E-state index in [1.165, 1.54) is 12.5 Å². The minimum Gasteiger partial charge on any atom is -0.342 e. The number of imidazole rings is 1. The van der Waals surface area contributed by atoms with Gasteiger partial charge in [-0.25, -0.2) is 13.8 Å². The van der Waals surface area contributed by atoms with Gasteiger partial charge in [-0.3, -0.25) is 0 Å².